The molecule has 0 bridgehead atoms. The molecule has 0 saturated carbocycles. The topological polar surface area (TPSA) is 33.1 Å². The third kappa shape index (κ3) is 1.55. The van der Waals surface area contributed by atoms with E-state index in [0.717, 1.165) is 16.6 Å². The van der Waals surface area contributed by atoms with E-state index in [1.54, 1.807) is 23.5 Å². The first-order valence-corrected chi connectivity index (χ1v) is 5.83. The summed E-state index contributed by atoms with van der Waals surface area (Å²) in [5, 5.41) is 9.23. The molecule has 0 atom stereocenters. The molecule has 0 fully saturated rings. The summed E-state index contributed by atoms with van der Waals surface area (Å²) in [5.74, 6) is 0.290. The van der Waals surface area contributed by atoms with Gasteiger partial charge in [0.05, 0.1) is 15.7 Å². The molecule has 0 saturated heterocycles. The first-order chi connectivity index (χ1) is 7.83. The number of phenols is 1. The van der Waals surface area contributed by atoms with E-state index in [4.69, 9.17) is 0 Å². The van der Waals surface area contributed by atoms with Gasteiger partial charge in [0.1, 0.15) is 5.75 Å². The zero-order valence-corrected chi connectivity index (χ0v) is 9.24. The molecule has 78 valence electrons. The Morgan fingerprint density at radius 1 is 0.938 bits per heavy atom. The van der Waals surface area contributed by atoms with Crippen LogP contribution in [0.2, 0.25) is 0 Å². The van der Waals surface area contributed by atoms with Crippen LogP contribution in [0.3, 0.4) is 0 Å². The van der Waals surface area contributed by atoms with Gasteiger partial charge in [-0.2, -0.15) is 0 Å². The lowest BCUT2D eigenvalue weighted by molar-refractivity contribution is 0.475. The van der Waals surface area contributed by atoms with Crippen LogP contribution in [-0.4, -0.2) is 10.1 Å². The number of hydrogen-bond donors (Lipinski definition) is 1. The SMILES string of the molecule is Oc1ccc(-c2ccc3scnc3c2)cc1. The predicted molar refractivity (Wildman–Crippen MR) is 66.7 cm³/mol. The van der Waals surface area contributed by atoms with E-state index < -0.39 is 0 Å². The largest absolute Gasteiger partial charge is 0.508 e. The number of hydrogen-bond acceptors (Lipinski definition) is 3. The summed E-state index contributed by atoms with van der Waals surface area (Å²) >= 11 is 1.64. The fourth-order valence-corrected chi connectivity index (χ4v) is 2.35. The Balaban J connectivity index is 2.14. The van der Waals surface area contributed by atoms with E-state index in [9.17, 15) is 5.11 Å². The Kier molecular flexibility index (Phi) is 2.11. The van der Waals surface area contributed by atoms with Gasteiger partial charge in [-0.05, 0) is 35.4 Å². The zero-order valence-electron chi connectivity index (χ0n) is 8.42. The highest BCUT2D eigenvalue weighted by Crippen LogP contribution is 2.26. The molecule has 1 heterocycles. The van der Waals surface area contributed by atoms with Crippen molar-refractivity contribution in [1.82, 2.24) is 4.98 Å². The van der Waals surface area contributed by atoms with E-state index in [2.05, 4.69) is 23.2 Å². The van der Waals surface area contributed by atoms with Crippen molar-refractivity contribution in [2.24, 2.45) is 0 Å². The zero-order chi connectivity index (χ0) is 11.0. The van der Waals surface area contributed by atoms with Crippen molar-refractivity contribution in [3.63, 3.8) is 0 Å². The number of fused-ring (bicyclic) bond motifs is 1. The first-order valence-electron chi connectivity index (χ1n) is 4.95. The molecule has 1 aromatic heterocycles. The second kappa shape index (κ2) is 3.61. The van der Waals surface area contributed by atoms with Crippen LogP contribution in [0.25, 0.3) is 21.3 Å². The molecule has 0 aliphatic rings. The molecule has 0 aliphatic carbocycles. The van der Waals surface area contributed by atoms with Crippen LogP contribution in [0.15, 0.2) is 48.0 Å². The van der Waals surface area contributed by atoms with Crippen molar-refractivity contribution in [3.8, 4) is 16.9 Å². The second-order valence-corrected chi connectivity index (χ2v) is 4.47. The summed E-state index contributed by atoms with van der Waals surface area (Å²) in [5.41, 5.74) is 5.09. The minimum atomic E-state index is 0.290. The molecule has 3 heteroatoms. The van der Waals surface area contributed by atoms with E-state index in [-0.39, 0.29) is 0 Å². The molecule has 0 unspecified atom stereocenters. The Hall–Kier alpha value is -1.87. The Labute approximate surface area is 96.8 Å². The van der Waals surface area contributed by atoms with Gasteiger partial charge in [-0.15, -0.1) is 11.3 Å². The highest BCUT2D eigenvalue weighted by atomic mass is 32.1. The van der Waals surface area contributed by atoms with Gasteiger partial charge < -0.3 is 5.11 Å². The van der Waals surface area contributed by atoms with E-state index in [0.29, 0.717) is 5.75 Å². The molecule has 3 aromatic rings. The quantitative estimate of drug-likeness (QED) is 0.688. The van der Waals surface area contributed by atoms with Crippen molar-refractivity contribution in [2.75, 3.05) is 0 Å². The smallest absolute Gasteiger partial charge is 0.115 e. The Morgan fingerprint density at radius 3 is 2.50 bits per heavy atom. The van der Waals surface area contributed by atoms with Gasteiger partial charge >= 0.3 is 0 Å². The lowest BCUT2D eigenvalue weighted by Gasteiger charge is -2.01. The van der Waals surface area contributed by atoms with Gasteiger partial charge in [-0.25, -0.2) is 4.98 Å². The monoisotopic (exact) mass is 227 g/mol. The maximum absolute atomic E-state index is 9.23. The molecular weight excluding hydrogens is 218 g/mol. The maximum Gasteiger partial charge on any atom is 0.115 e. The standard InChI is InChI=1S/C13H9NOS/c15-11-4-1-9(2-5-11)10-3-6-13-12(7-10)14-8-16-13/h1-8,15H. The predicted octanol–water partition coefficient (Wildman–Crippen LogP) is 3.67. The lowest BCUT2D eigenvalue weighted by Crippen LogP contribution is -1.77. The molecule has 2 nitrogen and oxygen atoms in total. The second-order valence-electron chi connectivity index (χ2n) is 3.58. The summed E-state index contributed by atoms with van der Waals surface area (Å²) in [7, 11) is 0. The van der Waals surface area contributed by atoms with Crippen LogP contribution in [0.4, 0.5) is 0 Å². The van der Waals surface area contributed by atoms with Crippen molar-refractivity contribution in [3.05, 3.63) is 48.0 Å². The highest BCUT2D eigenvalue weighted by Gasteiger charge is 2.01. The van der Waals surface area contributed by atoms with Gasteiger partial charge in [0.25, 0.3) is 0 Å². The molecule has 0 radical (unpaired) electrons. The molecule has 0 spiro atoms. The van der Waals surface area contributed by atoms with Crippen LogP contribution in [0.5, 0.6) is 5.75 Å². The van der Waals surface area contributed by atoms with Gasteiger partial charge in [-0.1, -0.05) is 18.2 Å². The number of rotatable bonds is 1. The number of nitrogens with zero attached hydrogens (tertiary/aromatic N) is 1. The molecule has 3 rings (SSSR count). The summed E-state index contributed by atoms with van der Waals surface area (Å²) in [4.78, 5) is 4.29. The Bertz CT molecular complexity index is 628. The van der Waals surface area contributed by atoms with Gasteiger partial charge in [0.2, 0.25) is 0 Å². The summed E-state index contributed by atoms with van der Waals surface area (Å²) in [6, 6.07) is 13.4. The van der Waals surface area contributed by atoms with Crippen LogP contribution >= 0.6 is 11.3 Å². The van der Waals surface area contributed by atoms with E-state index in [1.165, 1.54) is 4.70 Å². The minimum Gasteiger partial charge on any atom is -0.508 e. The lowest BCUT2D eigenvalue weighted by atomic mass is 10.1. The van der Waals surface area contributed by atoms with Crippen LogP contribution in [0, 0.1) is 0 Å². The van der Waals surface area contributed by atoms with Crippen molar-refractivity contribution in [2.45, 2.75) is 0 Å². The summed E-state index contributed by atoms with van der Waals surface area (Å²) < 4.78 is 1.20. The van der Waals surface area contributed by atoms with Crippen LogP contribution in [-0.2, 0) is 0 Å². The fourth-order valence-electron chi connectivity index (χ4n) is 1.69. The minimum absolute atomic E-state index is 0.290. The molecule has 1 N–H and O–H groups in total. The average Bonchev–Trinajstić information content (AvgIpc) is 2.77. The fraction of sp³-hybridized carbons (Fsp3) is 0. The number of benzene rings is 2. The van der Waals surface area contributed by atoms with Crippen LogP contribution < -0.4 is 0 Å². The summed E-state index contributed by atoms with van der Waals surface area (Å²) in [6.07, 6.45) is 0. The van der Waals surface area contributed by atoms with Gasteiger partial charge in [0, 0.05) is 0 Å². The first kappa shape index (κ1) is 9.36. The highest BCUT2D eigenvalue weighted by molar-refractivity contribution is 7.16. The molecule has 0 aliphatic heterocycles. The number of thiazole rings is 1. The van der Waals surface area contributed by atoms with E-state index >= 15 is 0 Å². The Morgan fingerprint density at radius 2 is 1.69 bits per heavy atom. The van der Waals surface area contributed by atoms with Crippen molar-refractivity contribution >= 4 is 21.6 Å². The number of phenolic OH excluding ortho intramolecular Hbond substituents is 1. The average molecular weight is 227 g/mol. The summed E-state index contributed by atoms with van der Waals surface area (Å²) in [6.45, 7) is 0. The normalized spacial score (nSPS) is 10.8. The molecule has 0 amide bonds. The van der Waals surface area contributed by atoms with Gasteiger partial charge in [0.15, 0.2) is 0 Å². The molecule has 2 aromatic carbocycles. The third-order valence-electron chi connectivity index (χ3n) is 2.53. The molecular formula is C13H9NOS. The third-order valence-corrected chi connectivity index (χ3v) is 3.34. The van der Waals surface area contributed by atoms with Gasteiger partial charge in [-0.3, -0.25) is 0 Å². The van der Waals surface area contributed by atoms with E-state index in [1.807, 2.05) is 17.6 Å². The van der Waals surface area contributed by atoms with Crippen molar-refractivity contribution in [1.29, 1.82) is 0 Å². The molecule has 16 heavy (non-hydrogen) atoms. The maximum atomic E-state index is 9.23. The number of aromatic nitrogens is 1. The number of aromatic hydroxyl groups is 1. The van der Waals surface area contributed by atoms with Crippen molar-refractivity contribution < 1.29 is 5.11 Å². The van der Waals surface area contributed by atoms with Crippen LogP contribution in [0.1, 0.15) is 0 Å².